The summed E-state index contributed by atoms with van der Waals surface area (Å²) in [7, 11) is -0.448. The molecule has 158 valence electrons. The third kappa shape index (κ3) is 2.76. The van der Waals surface area contributed by atoms with E-state index in [1.165, 1.54) is 16.5 Å². The summed E-state index contributed by atoms with van der Waals surface area (Å²) in [5.74, 6) is 0. The molecule has 1 aromatic heterocycles. The van der Waals surface area contributed by atoms with Crippen LogP contribution in [0.15, 0.2) is 83.3 Å². The van der Waals surface area contributed by atoms with Gasteiger partial charge in [-0.05, 0) is 61.8 Å². The van der Waals surface area contributed by atoms with Crippen LogP contribution < -0.4 is 5.46 Å². The molecule has 0 spiro atoms. The quantitative estimate of drug-likeness (QED) is 0.298. The molecule has 5 aromatic rings. The predicted molar refractivity (Wildman–Crippen MR) is 132 cm³/mol. The Morgan fingerprint density at radius 3 is 2.03 bits per heavy atom. The van der Waals surface area contributed by atoms with E-state index in [-0.39, 0.29) is 0 Å². The average molecular weight is 420 g/mol. The number of hydrogen-bond donors (Lipinski definition) is 0. The largest absolute Gasteiger partial charge is 0.495 e. The Balaban J connectivity index is 1.68. The zero-order valence-corrected chi connectivity index (χ0v) is 18.8. The number of furan rings is 1. The monoisotopic (exact) mass is 420 g/mol. The van der Waals surface area contributed by atoms with Crippen LogP contribution in [-0.4, -0.2) is 18.3 Å². The van der Waals surface area contributed by atoms with Crippen LogP contribution in [0.4, 0.5) is 0 Å². The number of rotatable bonds is 2. The van der Waals surface area contributed by atoms with Gasteiger partial charge in [-0.25, -0.2) is 0 Å². The van der Waals surface area contributed by atoms with E-state index in [0.29, 0.717) is 0 Å². The first-order chi connectivity index (χ1) is 15.4. The van der Waals surface area contributed by atoms with Crippen molar-refractivity contribution in [3.8, 4) is 11.1 Å². The van der Waals surface area contributed by atoms with Crippen LogP contribution in [0, 0.1) is 0 Å². The fourth-order valence-corrected chi connectivity index (χ4v) is 4.70. The summed E-state index contributed by atoms with van der Waals surface area (Å²) in [5, 5.41) is 4.44. The van der Waals surface area contributed by atoms with Crippen molar-refractivity contribution < 1.29 is 13.7 Å². The fourth-order valence-electron chi connectivity index (χ4n) is 4.70. The van der Waals surface area contributed by atoms with Crippen molar-refractivity contribution >= 4 is 45.3 Å². The van der Waals surface area contributed by atoms with Gasteiger partial charge >= 0.3 is 7.12 Å². The van der Waals surface area contributed by atoms with Crippen molar-refractivity contribution in [1.82, 2.24) is 0 Å². The molecule has 0 N–H and O–H groups in total. The Labute approximate surface area is 188 Å². The molecule has 4 heteroatoms. The summed E-state index contributed by atoms with van der Waals surface area (Å²) in [6, 6.07) is 27.4. The van der Waals surface area contributed by atoms with E-state index < -0.39 is 18.3 Å². The molecule has 6 rings (SSSR count). The first-order valence-electron chi connectivity index (χ1n) is 11.1. The van der Waals surface area contributed by atoms with Gasteiger partial charge in [-0.15, -0.1) is 0 Å². The zero-order chi connectivity index (χ0) is 22.1. The van der Waals surface area contributed by atoms with Crippen LogP contribution in [0.2, 0.25) is 0 Å². The summed E-state index contributed by atoms with van der Waals surface area (Å²) in [4.78, 5) is 0. The van der Waals surface area contributed by atoms with Crippen LogP contribution in [0.3, 0.4) is 0 Å². The molecule has 0 saturated carbocycles. The van der Waals surface area contributed by atoms with E-state index in [1.54, 1.807) is 0 Å². The molecule has 1 saturated heterocycles. The highest BCUT2D eigenvalue weighted by Crippen LogP contribution is 2.41. The van der Waals surface area contributed by atoms with Crippen molar-refractivity contribution in [2.24, 2.45) is 0 Å². The van der Waals surface area contributed by atoms with Crippen molar-refractivity contribution in [1.29, 1.82) is 0 Å². The van der Waals surface area contributed by atoms with Gasteiger partial charge in [0.1, 0.15) is 11.2 Å². The maximum absolute atomic E-state index is 6.45. The third-order valence-electron chi connectivity index (χ3n) is 7.13. The summed E-state index contributed by atoms with van der Waals surface area (Å²) in [5.41, 5.74) is 4.34. The van der Waals surface area contributed by atoms with Gasteiger partial charge in [0.25, 0.3) is 0 Å². The first-order valence-corrected chi connectivity index (χ1v) is 11.1. The molecule has 3 nitrogen and oxygen atoms in total. The van der Waals surface area contributed by atoms with Gasteiger partial charge in [-0.3, -0.25) is 0 Å². The van der Waals surface area contributed by atoms with Gasteiger partial charge < -0.3 is 13.7 Å². The molecule has 0 aliphatic carbocycles. The van der Waals surface area contributed by atoms with Crippen LogP contribution in [0.5, 0.6) is 0 Å². The van der Waals surface area contributed by atoms with E-state index in [1.807, 2.05) is 18.2 Å². The van der Waals surface area contributed by atoms with Crippen LogP contribution in [0.25, 0.3) is 43.8 Å². The van der Waals surface area contributed by atoms with Gasteiger partial charge in [-0.2, -0.15) is 0 Å². The molecular weight excluding hydrogens is 395 g/mol. The molecule has 2 heterocycles. The smallest absolute Gasteiger partial charge is 0.455 e. The Morgan fingerprint density at radius 1 is 0.656 bits per heavy atom. The second kappa shape index (κ2) is 6.71. The summed E-state index contributed by atoms with van der Waals surface area (Å²) >= 11 is 0. The first kappa shape index (κ1) is 19.6. The van der Waals surface area contributed by atoms with Crippen molar-refractivity contribution in [2.75, 3.05) is 0 Å². The molecule has 0 bridgehead atoms. The van der Waals surface area contributed by atoms with Gasteiger partial charge in [0.05, 0.1) is 11.2 Å². The Hall–Kier alpha value is -3.08. The fraction of sp³-hybridized carbons (Fsp3) is 0.214. The molecule has 0 atom stereocenters. The van der Waals surface area contributed by atoms with E-state index in [4.69, 9.17) is 13.7 Å². The SMILES string of the molecule is CC1(C)OB(c2cccc3oc4c5ccccc5c(-c5ccccc5)cc4c23)OC1(C)C. The molecule has 1 aliphatic heterocycles. The molecule has 1 fully saturated rings. The minimum absolute atomic E-state index is 0.402. The van der Waals surface area contributed by atoms with E-state index >= 15 is 0 Å². The zero-order valence-electron chi connectivity index (χ0n) is 18.8. The van der Waals surface area contributed by atoms with E-state index in [9.17, 15) is 0 Å². The summed E-state index contributed by atoms with van der Waals surface area (Å²) in [6.45, 7) is 8.34. The Kier molecular flexibility index (Phi) is 4.11. The summed E-state index contributed by atoms with van der Waals surface area (Å²) in [6.07, 6.45) is 0. The lowest BCUT2D eigenvalue weighted by Crippen LogP contribution is -2.41. The lowest BCUT2D eigenvalue weighted by Gasteiger charge is -2.32. The Bertz CT molecular complexity index is 1460. The van der Waals surface area contributed by atoms with Gasteiger partial charge in [0.15, 0.2) is 0 Å². The summed E-state index contributed by atoms with van der Waals surface area (Å²) < 4.78 is 19.3. The lowest BCUT2D eigenvalue weighted by atomic mass is 9.76. The maximum Gasteiger partial charge on any atom is 0.495 e. The minimum atomic E-state index is -0.448. The maximum atomic E-state index is 6.45. The lowest BCUT2D eigenvalue weighted by molar-refractivity contribution is 0.00578. The highest BCUT2D eigenvalue weighted by Gasteiger charge is 2.52. The molecule has 32 heavy (non-hydrogen) atoms. The molecule has 4 aromatic carbocycles. The van der Waals surface area contributed by atoms with Crippen molar-refractivity contribution in [3.63, 3.8) is 0 Å². The molecule has 0 amide bonds. The molecule has 1 aliphatic rings. The second-order valence-electron chi connectivity index (χ2n) is 9.62. The van der Waals surface area contributed by atoms with Gasteiger partial charge in [0.2, 0.25) is 0 Å². The normalized spacial score (nSPS) is 17.6. The van der Waals surface area contributed by atoms with E-state index in [2.05, 4.69) is 88.4 Å². The van der Waals surface area contributed by atoms with Crippen LogP contribution in [-0.2, 0) is 9.31 Å². The minimum Gasteiger partial charge on any atom is -0.455 e. The van der Waals surface area contributed by atoms with E-state index in [0.717, 1.165) is 32.8 Å². The highest BCUT2D eigenvalue weighted by atomic mass is 16.7. The Morgan fingerprint density at radius 2 is 1.31 bits per heavy atom. The van der Waals surface area contributed by atoms with Gasteiger partial charge in [0, 0.05) is 16.2 Å². The van der Waals surface area contributed by atoms with Crippen LogP contribution >= 0.6 is 0 Å². The highest BCUT2D eigenvalue weighted by molar-refractivity contribution is 6.66. The molecular formula is C28H25BO3. The average Bonchev–Trinajstić information content (AvgIpc) is 3.27. The number of benzene rings is 4. The number of fused-ring (bicyclic) bond motifs is 5. The van der Waals surface area contributed by atoms with Gasteiger partial charge in [-0.1, -0.05) is 66.7 Å². The topological polar surface area (TPSA) is 31.6 Å². The molecule has 0 radical (unpaired) electrons. The van der Waals surface area contributed by atoms with Crippen molar-refractivity contribution in [3.05, 3.63) is 78.9 Å². The number of hydrogen-bond acceptors (Lipinski definition) is 3. The predicted octanol–water partition coefficient (Wildman–Crippen LogP) is 6.71. The van der Waals surface area contributed by atoms with Crippen LogP contribution in [0.1, 0.15) is 27.7 Å². The second-order valence-corrected chi connectivity index (χ2v) is 9.62. The standard InChI is InChI=1S/C28H25BO3/c1-27(2)28(3,4)32-29(31-27)23-15-10-16-24-25(23)22-17-21(18-11-6-5-7-12-18)19-13-8-9-14-20(19)26(22)30-24/h5-17H,1-4H3. The van der Waals surface area contributed by atoms with Crippen molar-refractivity contribution in [2.45, 2.75) is 38.9 Å². The third-order valence-corrected chi connectivity index (χ3v) is 7.13. The molecule has 0 unspecified atom stereocenters.